The monoisotopic (exact) mass is 388 g/mol. The number of aromatic nitrogens is 2. The standard InChI is InChI=1S/C22H24N6O/c23-15-18-5-1-2-6-20(18)25-22(29)8-10-26-11-13-27(14-12-26)16-19-17-28-9-4-3-7-21(28)24-19/h1-7,9,17H,8,10-14,16H2,(H,25,29). The lowest BCUT2D eigenvalue weighted by atomic mass is 10.2. The Labute approximate surface area is 170 Å². The van der Waals surface area contributed by atoms with Gasteiger partial charge in [0.15, 0.2) is 0 Å². The van der Waals surface area contributed by atoms with Crippen LogP contribution in [0, 0.1) is 11.3 Å². The fraction of sp³-hybridized carbons (Fsp3) is 0.318. The molecule has 1 fully saturated rings. The van der Waals surface area contributed by atoms with E-state index in [1.165, 1.54) is 0 Å². The van der Waals surface area contributed by atoms with Gasteiger partial charge in [-0.05, 0) is 24.3 Å². The van der Waals surface area contributed by atoms with Crippen LogP contribution in [0.5, 0.6) is 0 Å². The first-order valence-electron chi connectivity index (χ1n) is 9.87. The van der Waals surface area contributed by atoms with E-state index in [1.54, 1.807) is 18.2 Å². The van der Waals surface area contributed by atoms with Crippen molar-refractivity contribution in [1.29, 1.82) is 5.26 Å². The molecule has 1 N–H and O–H groups in total. The summed E-state index contributed by atoms with van der Waals surface area (Å²) in [5.74, 6) is -0.0557. The van der Waals surface area contributed by atoms with E-state index in [0.29, 0.717) is 17.7 Å². The van der Waals surface area contributed by atoms with Crippen LogP contribution in [0.15, 0.2) is 54.9 Å². The number of hydrogen-bond donors (Lipinski definition) is 1. The number of nitriles is 1. The molecule has 0 aliphatic carbocycles. The zero-order chi connectivity index (χ0) is 20.1. The number of anilines is 1. The Morgan fingerprint density at radius 2 is 1.83 bits per heavy atom. The molecule has 29 heavy (non-hydrogen) atoms. The summed E-state index contributed by atoms with van der Waals surface area (Å²) in [5, 5.41) is 12.0. The van der Waals surface area contributed by atoms with Crippen molar-refractivity contribution in [2.75, 3.05) is 38.0 Å². The minimum absolute atomic E-state index is 0.0557. The molecule has 2 aromatic heterocycles. The molecule has 148 valence electrons. The van der Waals surface area contributed by atoms with E-state index in [0.717, 1.165) is 50.6 Å². The Bertz CT molecular complexity index is 996. The molecular formula is C22H24N6O. The van der Waals surface area contributed by atoms with Gasteiger partial charge in [-0.1, -0.05) is 18.2 Å². The minimum Gasteiger partial charge on any atom is -0.325 e. The highest BCUT2D eigenvalue weighted by atomic mass is 16.1. The van der Waals surface area contributed by atoms with Crippen LogP contribution in [-0.4, -0.2) is 57.8 Å². The average molecular weight is 388 g/mol. The van der Waals surface area contributed by atoms with Crippen molar-refractivity contribution >= 4 is 17.2 Å². The molecule has 0 saturated carbocycles. The van der Waals surface area contributed by atoms with E-state index >= 15 is 0 Å². The molecule has 1 saturated heterocycles. The summed E-state index contributed by atoms with van der Waals surface area (Å²) in [4.78, 5) is 21.6. The minimum atomic E-state index is -0.0557. The first-order valence-corrected chi connectivity index (χ1v) is 9.87. The van der Waals surface area contributed by atoms with Crippen LogP contribution in [-0.2, 0) is 11.3 Å². The molecule has 1 amide bonds. The van der Waals surface area contributed by atoms with Crippen molar-refractivity contribution in [1.82, 2.24) is 19.2 Å². The van der Waals surface area contributed by atoms with Crippen molar-refractivity contribution in [2.45, 2.75) is 13.0 Å². The van der Waals surface area contributed by atoms with Gasteiger partial charge in [0.25, 0.3) is 0 Å². The van der Waals surface area contributed by atoms with Crippen molar-refractivity contribution in [3.8, 4) is 6.07 Å². The van der Waals surface area contributed by atoms with Crippen molar-refractivity contribution in [3.05, 3.63) is 66.1 Å². The van der Waals surface area contributed by atoms with E-state index in [-0.39, 0.29) is 5.91 Å². The second-order valence-corrected chi connectivity index (χ2v) is 7.27. The maximum absolute atomic E-state index is 12.2. The fourth-order valence-corrected chi connectivity index (χ4v) is 3.63. The number of para-hydroxylation sites is 1. The van der Waals surface area contributed by atoms with Crippen LogP contribution in [0.2, 0.25) is 0 Å². The number of carbonyl (C=O) groups excluding carboxylic acids is 1. The van der Waals surface area contributed by atoms with Crippen LogP contribution in [0.4, 0.5) is 5.69 Å². The van der Waals surface area contributed by atoms with Crippen LogP contribution in [0.25, 0.3) is 5.65 Å². The maximum atomic E-state index is 12.2. The number of hydrogen-bond acceptors (Lipinski definition) is 5. The van der Waals surface area contributed by atoms with Crippen molar-refractivity contribution in [2.24, 2.45) is 0 Å². The molecule has 1 aliphatic heterocycles. The summed E-state index contributed by atoms with van der Waals surface area (Å²) >= 11 is 0. The van der Waals surface area contributed by atoms with E-state index in [1.807, 2.05) is 30.5 Å². The van der Waals surface area contributed by atoms with Crippen LogP contribution < -0.4 is 5.32 Å². The van der Waals surface area contributed by atoms with E-state index in [2.05, 4.69) is 36.8 Å². The first kappa shape index (κ1) is 19.1. The molecule has 0 unspecified atom stereocenters. The lowest BCUT2D eigenvalue weighted by Gasteiger charge is -2.34. The summed E-state index contributed by atoms with van der Waals surface area (Å²) < 4.78 is 2.05. The third kappa shape index (κ3) is 4.80. The number of nitrogens with one attached hydrogen (secondary N) is 1. The lowest BCUT2D eigenvalue weighted by molar-refractivity contribution is -0.116. The molecule has 0 spiro atoms. The molecule has 3 aromatic rings. The normalized spacial score (nSPS) is 15.3. The fourth-order valence-electron chi connectivity index (χ4n) is 3.63. The molecule has 0 atom stereocenters. The highest BCUT2D eigenvalue weighted by Gasteiger charge is 2.18. The van der Waals surface area contributed by atoms with Crippen LogP contribution in [0.1, 0.15) is 17.7 Å². The lowest BCUT2D eigenvalue weighted by Crippen LogP contribution is -2.46. The molecule has 4 rings (SSSR count). The summed E-state index contributed by atoms with van der Waals surface area (Å²) in [5.41, 5.74) is 3.13. The summed E-state index contributed by atoms with van der Waals surface area (Å²) in [6.07, 6.45) is 4.53. The Balaban J connectivity index is 1.21. The molecule has 0 radical (unpaired) electrons. The zero-order valence-electron chi connectivity index (χ0n) is 16.3. The molecule has 1 aliphatic rings. The summed E-state index contributed by atoms with van der Waals surface area (Å²) in [7, 11) is 0. The number of piperazine rings is 1. The Kier molecular flexibility index (Phi) is 5.84. The van der Waals surface area contributed by atoms with Gasteiger partial charge in [0.2, 0.25) is 5.91 Å². The largest absolute Gasteiger partial charge is 0.325 e. The second kappa shape index (κ2) is 8.86. The second-order valence-electron chi connectivity index (χ2n) is 7.27. The van der Waals surface area contributed by atoms with Gasteiger partial charge in [0, 0.05) is 58.1 Å². The SMILES string of the molecule is N#Cc1ccccc1NC(=O)CCN1CCN(Cc2cn3ccccc3n2)CC1. The number of amides is 1. The Hall–Kier alpha value is -3.21. The molecule has 7 nitrogen and oxygen atoms in total. The number of fused-ring (bicyclic) bond motifs is 1. The van der Waals surface area contributed by atoms with Crippen molar-refractivity contribution in [3.63, 3.8) is 0 Å². The average Bonchev–Trinajstić information content (AvgIpc) is 3.16. The molecule has 7 heteroatoms. The quantitative estimate of drug-likeness (QED) is 0.701. The number of imidazole rings is 1. The highest BCUT2D eigenvalue weighted by Crippen LogP contribution is 2.14. The third-order valence-corrected chi connectivity index (χ3v) is 5.24. The third-order valence-electron chi connectivity index (χ3n) is 5.24. The predicted octanol–water partition coefficient (Wildman–Crippen LogP) is 2.35. The van der Waals surface area contributed by atoms with Crippen molar-refractivity contribution < 1.29 is 4.79 Å². The predicted molar refractivity (Wildman–Crippen MR) is 111 cm³/mol. The smallest absolute Gasteiger partial charge is 0.225 e. The molecule has 3 heterocycles. The number of carbonyl (C=O) groups is 1. The topological polar surface area (TPSA) is 76.7 Å². The van der Waals surface area contributed by atoms with E-state index in [9.17, 15) is 4.79 Å². The number of rotatable bonds is 6. The van der Waals surface area contributed by atoms with Gasteiger partial charge in [-0.25, -0.2) is 4.98 Å². The van der Waals surface area contributed by atoms with Crippen LogP contribution in [0.3, 0.4) is 0 Å². The van der Waals surface area contributed by atoms with Gasteiger partial charge in [-0.3, -0.25) is 9.69 Å². The van der Waals surface area contributed by atoms with Gasteiger partial charge >= 0.3 is 0 Å². The van der Waals surface area contributed by atoms with E-state index in [4.69, 9.17) is 5.26 Å². The van der Waals surface area contributed by atoms with Gasteiger partial charge < -0.3 is 14.6 Å². The first-order chi connectivity index (χ1) is 14.2. The molecular weight excluding hydrogens is 364 g/mol. The molecule has 1 aromatic carbocycles. The number of nitrogens with zero attached hydrogens (tertiary/aromatic N) is 5. The van der Waals surface area contributed by atoms with E-state index < -0.39 is 0 Å². The number of benzene rings is 1. The highest BCUT2D eigenvalue weighted by molar-refractivity contribution is 5.92. The summed E-state index contributed by atoms with van der Waals surface area (Å²) in [6, 6.07) is 15.2. The molecule has 0 bridgehead atoms. The van der Waals surface area contributed by atoms with Crippen LogP contribution >= 0.6 is 0 Å². The van der Waals surface area contributed by atoms with Gasteiger partial charge in [-0.2, -0.15) is 5.26 Å². The Morgan fingerprint density at radius 3 is 2.62 bits per heavy atom. The summed E-state index contributed by atoms with van der Waals surface area (Å²) in [6.45, 7) is 5.38. The van der Waals surface area contributed by atoms with Gasteiger partial charge in [-0.15, -0.1) is 0 Å². The van der Waals surface area contributed by atoms with Gasteiger partial charge in [0.05, 0.1) is 16.9 Å². The zero-order valence-corrected chi connectivity index (χ0v) is 16.3. The van der Waals surface area contributed by atoms with Gasteiger partial charge in [0.1, 0.15) is 11.7 Å². The maximum Gasteiger partial charge on any atom is 0.225 e. The Morgan fingerprint density at radius 1 is 1.07 bits per heavy atom. The number of pyridine rings is 1.